The molecule has 1 heterocycles. The largest absolute Gasteiger partial charge is 0.469 e. The van der Waals surface area contributed by atoms with Crippen LogP contribution in [0.15, 0.2) is 12.4 Å². The molecule has 7 nitrogen and oxygen atoms in total. The summed E-state index contributed by atoms with van der Waals surface area (Å²) >= 11 is 0. The van der Waals surface area contributed by atoms with Crippen molar-refractivity contribution in [1.29, 1.82) is 0 Å². The number of carbonyl (C=O) groups excluding carboxylic acids is 1. The molecule has 0 radical (unpaired) electrons. The van der Waals surface area contributed by atoms with Crippen LogP contribution in [0.4, 0.5) is 0 Å². The van der Waals surface area contributed by atoms with E-state index in [0.717, 1.165) is 12.0 Å². The lowest BCUT2D eigenvalue weighted by Crippen LogP contribution is -2.39. The van der Waals surface area contributed by atoms with E-state index >= 15 is 0 Å². The van der Waals surface area contributed by atoms with Gasteiger partial charge in [-0.15, -0.1) is 0 Å². The van der Waals surface area contributed by atoms with Crippen molar-refractivity contribution in [1.82, 2.24) is 14.5 Å². The van der Waals surface area contributed by atoms with E-state index in [1.165, 1.54) is 7.11 Å². The lowest BCUT2D eigenvalue weighted by atomic mass is 10.1. The molecule has 1 fully saturated rings. The van der Waals surface area contributed by atoms with Gasteiger partial charge in [0.2, 0.25) is 10.0 Å². The first-order chi connectivity index (χ1) is 9.44. The van der Waals surface area contributed by atoms with Crippen LogP contribution < -0.4 is 4.72 Å². The van der Waals surface area contributed by atoms with Crippen molar-refractivity contribution in [3.05, 3.63) is 18.0 Å². The molecule has 0 aliphatic heterocycles. The average molecular weight is 301 g/mol. The molecule has 2 rings (SSSR count). The quantitative estimate of drug-likeness (QED) is 0.784. The minimum atomic E-state index is -3.54. The molecule has 0 spiro atoms. The summed E-state index contributed by atoms with van der Waals surface area (Å²) in [5, 5.41) is 3.28. The Morgan fingerprint density at radius 3 is 2.90 bits per heavy atom. The maximum atomic E-state index is 12.3. The standard InChI is InChI=1S/C12H19N3O4S/c1-15-8-9(6-13-15)7-14-20(17,18)11-5-3-4-10(11)12(16)19-2/h6,8,10-11,14H,3-5,7H2,1-2H3. The van der Waals surface area contributed by atoms with E-state index in [0.29, 0.717) is 12.8 Å². The van der Waals surface area contributed by atoms with Crippen LogP contribution in [-0.4, -0.2) is 36.5 Å². The van der Waals surface area contributed by atoms with Gasteiger partial charge in [-0.3, -0.25) is 9.48 Å². The normalized spacial score (nSPS) is 22.9. The van der Waals surface area contributed by atoms with Gasteiger partial charge in [0.15, 0.2) is 0 Å². The number of methoxy groups -OCH3 is 1. The zero-order valence-electron chi connectivity index (χ0n) is 11.6. The number of ether oxygens (including phenoxy) is 1. The first kappa shape index (κ1) is 15.0. The highest BCUT2D eigenvalue weighted by Crippen LogP contribution is 2.31. The molecule has 2 atom stereocenters. The highest BCUT2D eigenvalue weighted by atomic mass is 32.2. The van der Waals surface area contributed by atoms with Crippen LogP contribution in [0.2, 0.25) is 0 Å². The summed E-state index contributed by atoms with van der Waals surface area (Å²) in [6, 6.07) is 0. The third-order valence-electron chi connectivity index (χ3n) is 3.59. The smallest absolute Gasteiger partial charge is 0.310 e. The molecule has 20 heavy (non-hydrogen) atoms. The molecule has 1 aliphatic rings. The number of hydrogen-bond acceptors (Lipinski definition) is 5. The third kappa shape index (κ3) is 3.18. The van der Waals surface area contributed by atoms with Gasteiger partial charge in [-0.2, -0.15) is 5.10 Å². The molecule has 1 N–H and O–H groups in total. The van der Waals surface area contributed by atoms with E-state index in [1.807, 2.05) is 0 Å². The Kier molecular flexibility index (Phi) is 4.44. The Morgan fingerprint density at radius 1 is 1.55 bits per heavy atom. The van der Waals surface area contributed by atoms with Crippen molar-refractivity contribution in [2.24, 2.45) is 13.0 Å². The van der Waals surface area contributed by atoms with Gasteiger partial charge in [0.05, 0.1) is 24.5 Å². The summed E-state index contributed by atoms with van der Waals surface area (Å²) in [6.45, 7) is 0.181. The SMILES string of the molecule is COC(=O)C1CCCC1S(=O)(=O)NCc1cnn(C)c1. The van der Waals surface area contributed by atoms with Crippen LogP contribution in [-0.2, 0) is 33.1 Å². The summed E-state index contributed by atoms with van der Waals surface area (Å²) in [5.41, 5.74) is 0.781. The van der Waals surface area contributed by atoms with Crippen molar-refractivity contribution < 1.29 is 17.9 Å². The molecule has 1 aromatic heterocycles. The first-order valence-corrected chi connectivity index (χ1v) is 8.02. The van der Waals surface area contributed by atoms with Gasteiger partial charge in [0, 0.05) is 25.4 Å². The second kappa shape index (κ2) is 5.92. The predicted octanol–water partition coefficient (Wildman–Crippen LogP) is 0.181. The summed E-state index contributed by atoms with van der Waals surface area (Å²) in [6.07, 6.45) is 5.12. The van der Waals surface area contributed by atoms with Crippen LogP contribution in [0.5, 0.6) is 0 Å². The molecule has 0 bridgehead atoms. The predicted molar refractivity (Wildman–Crippen MR) is 72.1 cm³/mol. The molecular weight excluding hydrogens is 282 g/mol. The fourth-order valence-electron chi connectivity index (χ4n) is 2.57. The van der Waals surface area contributed by atoms with Crippen molar-refractivity contribution >= 4 is 16.0 Å². The summed E-state index contributed by atoms with van der Waals surface area (Å²) in [5.74, 6) is -1.01. The number of rotatable bonds is 5. The van der Waals surface area contributed by atoms with Gasteiger partial charge < -0.3 is 4.74 Å². The molecule has 1 aliphatic carbocycles. The Bertz CT molecular complexity index is 581. The number of sulfonamides is 1. The molecule has 0 amide bonds. The van der Waals surface area contributed by atoms with E-state index in [1.54, 1.807) is 24.1 Å². The number of carbonyl (C=O) groups is 1. The fourth-order valence-corrected chi connectivity index (χ4v) is 4.31. The topological polar surface area (TPSA) is 90.3 Å². The van der Waals surface area contributed by atoms with Crippen molar-refractivity contribution in [2.45, 2.75) is 31.1 Å². The minimum Gasteiger partial charge on any atom is -0.469 e. The summed E-state index contributed by atoms with van der Waals surface area (Å²) < 4.78 is 33.4. The molecule has 0 aromatic carbocycles. The van der Waals surface area contributed by atoms with Crippen molar-refractivity contribution in [3.8, 4) is 0 Å². The van der Waals surface area contributed by atoms with Gasteiger partial charge in [-0.05, 0) is 12.8 Å². The minimum absolute atomic E-state index is 0.181. The van der Waals surface area contributed by atoms with E-state index in [9.17, 15) is 13.2 Å². The van der Waals surface area contributed by atoms with Gasteiger partial charge >= 0.3 is 5.97 Å². The molecule has 8 heteroatoms. The Morgan fingerprint density at radius 2 is 2.30 bits per heavy atom. The molecule has 0 saturated heterocycles. The Balaban J connectivity index is 2.04. The summed E-state index contributed by atoms with van der Waals surface area (Å²) in [7, 11) is -0.490. The third-order valence-corrected chi connectivity index (χ3v) is 5.50. The van der Waals surface area contributed by atoms with Crippen LogP contribution in [0.3, 0.4) is 0 Å². The van der Waals surface area contributed by atoms with Crippen molar-refractivity contribution in [2.75, 3.05) is 7.11 Å². The maximum absolute atomic E-state index is 12.3. The van der Waals surface area contributed by atoms with Crippen molar-refractivity contribution in [3.63, 3.8) is 0 Å². The zero-order chi connectivity index (χ0) is 14.8. The molecule has 1 aromatic rings. The molecule has 112 valence electrons. The maximum Gasteiger partial charge on any atom is 0.310 e. The van der Waals surface area contributed by atoms with Gasteiger partial charge in [0.1, 0.15) is 0 Å². The number of esters is 1. The molecule has 2 unspecified atom stereocenters. The fraction of sp³-hybridized carbons (Fsp3) is 0.667. The number of aromatic nitrogens is 2. The average Bonchev–Trinajstić information content (AvgIpc) is 3.04. The Labute approximate surface area is 118 Å². The van der Waals surface area contributed by atoms with Gasteiger partial charge in [-0.1, -0.05) is 6.42 Å². The lowest BCUT2D eigenvalue weighted by Gasteiger charge is -2.18. The number of hydrogen-bond donors (Lipinski definition) is 1. The van der Waals surface area contributed by atoms with E-state index in [4.69, 9.17) is 0 Å². The Hall–Kier alpha value is -1.41. The highest BCUT2D eigenvalue weighted by Gasteiger charge is 2.41. The highest BCUT2D eigenvalue weighted by molar-refractivity contribution is 7.90. The van der Waals surface area contributed by atoms with Crippen LogP contribution in [0, 0.1) is 5.92 Å². The molecule has 1 saturated carbocycles. The van der Waals surface area contributed by atoms with Crippen LogP contribution in [0.1, 0.15) is 24.8 Å². The summed E-state index contributed by atoms with van der Waals surface area (Å²) in [4.78, 5) is 11.6. The number of aryl methyl sites for hydroxylation is 1. The second-order valence-electron chi connectivity index (χ2n) is 4.99. The van der Waals surface area contributed by atoms with Gasteiger partial charge in [-0.25, -0.2) is 13.1 Å². The number of nitrogens with zero attached hydrogens (tertiary/aromatic N) is 2. The number of nitrogens with one attached hydrogen (secondary N) is 1. The second-order valence-corrected chi connectivity index (χ2v) is 6.97. The van der Waals surface area contributed by atoms with E-state index < -0.39 is 27.2 Å². The van der Waals surface area contributed by atoms with Gasteiger partial charge in [0.25, 0.3) is 0 Å². The molecular formula is C12H19N3O4S. The van der Waals surface area contributed by atoms with E-state index in [-0.39, 0.29) is 6.54 Å². The van der Waals surface area contributed by atoms with Crippen LogP contribution >= 0.6 is 0 Å². The van der Waals surface area contributed by atoms with Crippen LogP contribution in [0.25, 0.3) is 0 Å². The van der Waals surface area contributed by atoms with E-state index in [2.05, 4.69) is 14.6 Å². The zero-order valence-corrected chi connectivity index (χ0v) is 12.4. The lowest BCUT2D eigenvalue weighted by molar-refractivity contribution is -0.145. The monoisotopic (exact) mass is 301 g/mol. The first-order valence-electron chi connectivity index (χ1n) is 6.48.